The van der Waals surface area contributed by atoms with E-state index in [4.69, 9.17) is 0 Å². The van der Waals surface area contributed by atoms with E-state index >= 15 is 0 Å². The summed E-state index contributed by atoms with van der Waals surface area (Å²) in [5, 5.41) is 2.72. The van der Waals surface area contributed by atoms with E-state index in [9.17, 15) is 0 Å². The number of fused-ring (bicyclic) bond motifs is 2. The molecule has 4 rings (SSSR count). The summed E-state index contributed by atoms with van der Waals surface area (Å²) in [7, 11) is 0. The Morgan fingerprint density at radius 3 is 2.42 bits per heavy atom. The van der Waals surface area contributed by atoms with Crippen molar-refractivity contribution < 1.29 is 0 Å². The summed E-state index contributed by atoms with van der Waals surface area (Å²) in [4.78, 5) is 0. The number of benzene rings is 3. The van der Waals surface area contributed by atoms with Crippen LogP contribution in [0.15, 0.2) is 66.7 Å². The largest absolute Gasteiger partial charge is 0.0654 e. The van der Waals surface area contributed by atoms with Gasteiger partial charge in [-0.1, -0.05) is 86.5 Å². The third-order valence-electron chi connectivity index (χ3n) is 5.22. The van der Waals surface area contributed by atoms with Gasteiger partial charge >= 0.3 is 0 Å². The molecule has 0 spiro atoms. The van der Waals surface area contributed by atoms with Crippen molar-refractivity contribution in [2.75, 3.05) is 0 Å². The first-order valence-corrected chi connectivity index (χ1v) is 9.17. The second kappa shape index (κ2) is 6.65. The zero-order valence-electron chi connectivity index (χ0n) is 14.4. The molecule has 3 aromatic carbocycles. The van der Waals surface area contributed by atoms with Gasteiger partial charge < -0.3 is 0 Å². The molecule has 0 fully saturated rings. The van der Waals surface area contributed by atoms with Crippen LogP contribution in [0.1, 0.15) is 49.3 Å². The van der Waals surface area contributed by atoms with Crippen molar-refractivity contribution in [1.29, 1.82) is 0 Å². The lowest BCUT2D eigenvalue weighted by Crippen LogP contribution is -1.90. The van der Waals surface area contributed by atoms with Crippen LogP contribution in [0.2, 0.25) is 0 Å². The van der Waals surface area contributed by atoms with Crippen LogP contribution in [0.5, 0.6) is 0 Å². The topological polar surface area (TPSA) is 0 Å². The summed E-state index contributed by atoms with van der Waals surface area (Å²) in [6.45, 7) is 2.28. The molecular formula is C24H24. The van der Waals surface area contributed by atoms with Crippen LogP contribution in [-0.4, -0.2) is 0 Å². The lowest BCUT2D eigenvalue weighted by atomic mass is 9.92. The number of rotatable bonds is 5. The van der Waals surface area contributed by atoms with Crippen LogP contribution in [0.3, 0.4) is 0 Å². The lowest BCUT2D eigenvalue weighted by molar-refractivity contribution is 0.736. The van der Waals surface area contributed by atoms with Crippen molar-refractivity contribution in [2.45, 2.75) is 39.0 Å². The smallest absolute Gasteiger partial charge is 0.00106 e. The molecule has 0 heterocycles. The Balaban J connectivity index is 1.85. The van der Waals surface area contributed by atoms with Crippen molar-refractivity contribution in [1.82, 2.24) is 0 Å². The van der Waals surface area contributed by atoms with Gasteiger partial charge in [0.25, 0.3) is 0 Å². The van der Waals surface area contributed by atoms with Gasteiger partial charge in [-0.2, -0.15) is 0 Å². The first-order valence-electron chi connectivity index (χ1n) is 9.17. The predicted octanol–water partition coefficient (Wildman–Crippen LogP) is 6.89. The van der Waals surface area contributed by atoms with Gasteiger partial charge in [0.2, 0.25) is 0 Å². The number of hydrogen-bond acceptors (Lipinski definition) is 0. The van der Waals surface area contributed by atoms with Crippen LogP contribution >= 0.6 is 0 Å². The van der Waals surface area contributed by atoms with E-state index < -0.39 is 0 Å². The second-order valence-electron chi connectivity index (χ2n) is 6.77. The second-order valence-corrected chi connectivity index (χ2v) is 6.77. The van der Waals surface area contributed by atoms with Crippen LogP contribution in [0.4, 0.5) is 0 Å². The lowest BCUT2D eigenvalue weighted by Gasteiger charge is -2.12. The monoisotopic (exact) mass is 312 g/mol. The van der Waals surface area contributed by atoms with Crippen molar-refractivity contribution in [3.63, 3.8) is 0 Å². The number of unbranched alkanes of at least 4 members (excludes halogenated alkanes) is 2. The summed E-state index contributed by atoms with van der Waals surface area (Å²) in [5.74, 6) is 0. The molecule has 24 heavy (non-hydrogen) atoms. The zero-order valence-corrected chi connectivity index (χ0v) is 14.4. The summed E-state index contributed by atoms with van der Waals surface area (Å²) in [6, 6.07) is 24.5. The molecule has 0 N–H and O–H groups in total. The van der Waals surface area contributed by atoms with E-state index in [1.165, 1.54) is 53.1 Å². The van der Waals surface area contributed by atoms with E-state index in [1.807, 2.05) is 0 Å². The fraction of sp³-hybridized carbons (Fsp3) is 0.250. The van der Waals surface area contributed by atoms with Gasteiger partial charge in [0.1, 0.15) is 0 Å². The Morgan fingerprint density at radius 1 is 0.750 bits per heavy atom. The van der Waals surface area contributed by atoms with E-state index in [0.29, 0.717) is 0 Å². The molecule has 3 aromatic rings. The molecular weight excluding hydrogens is 288 g/mol. The molecule has 0 saturated carbocycles. The molecule has 0 unspecified atom stereocenters. The SMILES string of the molecule is CCCCCC1=C(c2cccc3ccccc23)Cc2ccccc21. The molecule has 1 aliphatic carbocycles. The highest BCUT2D eigenvalue weighted by molar-refractivity contribution is 6.04. The quantitative estimate of drug-likeness (QED) is 0.450. The van der Waals surface area contributed by atoms with Crippen LogP contribution in [0, 0.1) is 0 Å². The molecule has 0 atom stereocenters. The summed E-state index contributed by atoms with van der Waals surface area (Å²) in [5.41, 5.74) is 7.53. The van der Waals surface area contributed by atoms with Gasteiger partial charge in [0, 0.05) is 0 Å². The third-order valence-corrected chi connectivity index (χ3v) is 5.22. The Bertz CT molecular complexity index is 893. The van der Waals surface area contributed by atoms with Gasteiger partial charge in [-0.05, 0) is 57.9 Å². The highest BCUT2D eigenvalue weighted by Gasteiger charge is 2.22. The van der Waals surface area contributed by atoms with Crippen molar-refractivity contribution in [3.05, 3.63) is 83.4 Å². The van der Waals surface area contributed by atoms with E-state index in [0.717, 1.165) is 6.42 Å². The van der Waals surface area contributed by atoms with Gasteiger partial charge in [0.05, 0.1) is 0 Å². The summed E-state index contributed by atoms with van der Waals surface area (Å²) in [6.07, 6.45) is 6.15. The van der Waals surface area contributed by atoms with E-state index in [-0.39, 0.29) is 0 Å². The standard InChI is InChI=1S/C24H24/c1-2-3-4-15-22-21-14-8-6-11-19(21)17-24(22)23-16-9-12-18-10-5-7-13-20(18)23/h5-14,16H,2-4,15,17H2,1H3. The Labute approximate surface area is 144 Å². The Morgan fingerprint density at radius 2 is 1.50 bits per heavy atom. The molecule has 1 aliphatic rings. The molecule has 120 valence electrons. The predicted molar refractivity (Wildman–Crippen MR) is 105 cm³/mol. The fourth-order valence-electron chi connectivity index (χ4n) is 4.01. The molecule has 0 radical (unpaired) electrons. The highest BCUT2D eigenvalue weighted by Crippen LogP contribution is 2.42. The Kier molecular flexibility index (Phi) is 4.21. The van der Waals surface area contributed by atoms with Crippen LogP contribution in [0.25, 0.3) is 21.9 Å². The van der Waals surface area contributed by atoms with Gasteiger partial charge in [-0.15, -0.1) is 0 Å². The minimum atomic E-state index is 1.08. The molecule has 0 bridgehead atoms. The summed E-state index contributed by atoms with van der Waals surface area (Å²) >= 11 is 0. The molecule has 0 amide bonds. The van der Waals surface area contributed by atoms with Crippen molar-refractivity contribution in [3.8, 4) is 0 Å². The van der Waals surface area contributed by atoms with Gasteiger partial charge in [-0.3, -0.25) is 0 Å². The minimum Gasteiger partial charge on any atom is -0.0654 e. The molecule has 0 aliphatic heterocycles. The van der Waals surface area contributed by atoms with Gasteiger partial charge in [0.15, 0.2) is 0 Å². The van der Waals surface area contributed by atoms with Crippen LogP contribution < -0.4 is 0 Å². The third kappa shape index (κ3) is 2.67. The molecule has 0 saturated heterocycles. The van der Waals surface area contributed by atoms with Crippen molar-refractivity contribution >= 4 is 21.9 Å². The normalized spacial score (nSPS) is 13.5. The maximum absolute atomic E-state index is 2.31. The average Bonchev–Trinajstić information content (AvgIpc) is 3.00. The number of hydrogen-bond donors (Lipinski definition) is 0. The maximum atomic E-state index is 2.31. The first-order chi connectivity index (χ1) is 11.9. The zero-order chi connectivity index (χ0) is 16.4. The van der Waals surface area contributed by atoms with Crippen LogP contribution in [-0.2, 0) is 6.42 Å². The molecule has 0 aromatic heterocycles. The number of allylic oxidation sites excluding steroid dienone is 2. The highest BCUT2D eigenvalue weighted by atomic mass is 14.3. The van der Waals surface area contributed by atoms with E-state index in [2.05, 4.69) is 73.7 Å². The molecule has 0 nitrogen and oxygen atoms in total. The van der Waals surface area contributed by atoms with Gasteiger partial charge in [-0.25, -0.2) is 0 Å². The maximum Gasteiger partial charge on any atom is -0.00106 e. The molecule has 0 heteroatoms. The first kappa shape index (κ1) is 15.2. The van der Waals surface area contributed by atoms with Crippen molar-refractivity contribution in [2.24, 2.45) is 0 Å². The fourth-order valence-corrected chi connectivity index (χ4v) is 4.01. The van der Waals surface area contributed by atoms with E-state index in [1.54, 1.807) is 11.1 Å². The minimum absolute atomic E-state index is 1.08. The average molecular weight is 312 g/mol. The Hall–Kier alpha value is -2.34. The summed E-state index contributed by atoms with van der Waals surface area (Å²) < 4.78 is 0.